The highest BCUT2D eigenvalue weighted by Gasteiger charge is 2.17. The van der Waals surface area contributed by atoms with E-state index < -0.39 is 6.10 Å². The van der Waals surface area contributed by atoms with E-state index in [2.05, 4.69) is 57.2 Å². The fourth-order valence-electron chi connectivity index (χ4n) is 8.47. The summed E-state index contributed by atoms with van der Waals surface area (Å²) in [5.74, 6) is -0.398. The lowest BCUT2D eigenvalue weighted by Crippen LogP contribution is -2.30. The summed E-state index contributed by atoms with van der Waals surface area (Å²) in [5, 5.41) is 0. The smallest absolute Gasteiger partial charge is 0.306 e. The first-order valence-corrected chi connectivity index (χ1v) is 28.5. The summed E-state index contributed by atoms with van der Waals surface area (Å²) in [6, 6.07) is 0. The van der Waals surface area contributed by atoms with Gasteiger partial charge in [0.2, 0.25) is 0 Å². The maximum atomic E-state index is 12.8. The lowest BCUT2D eigenvalue weighted by molar-refractivity contribution is -0.163. The number of hydrogen-bond acceptors (Lipinski definition) is 5. The molecule has 0 aromatic rings. The molecule has 0 aliphatic rings. The standard InChI is InChI=1S/C59H110O5/c1-4-7-10-13-16-19-22-25-27-28-29-30-31-33-36-39-42-45-48-51-54-62-55-57(64-59(61)53-50-47-44-41-38-34-24-21-18-15-12-9-6-3)56-63-58(60)52-49-46-43-40-37-35-32-26-23-20-17-14-11-8-5-2/h8,11,17,20,26,32,57H,4-7,9-10,12-16,18-19,21-25,27-31,33-56H2,1-3H3/b11-8-,20-17-,32-26-. The van der Waals surface area contributed by atoms with Gasteiger partial charge in [0.15, 0.2) is 6.10 Å². The van der Waals surface area contributed by atoms with Crippen molar-refractivity contribution >= 4 is 11.9 Å². The highest BCUT2D eigenvalue weighted by molar-refractivity contribution is 5.70. The van der Waals surface area contributed by atoms with Crippen LogP contribution in [0.3, 0.4) is 0 Å². The molecule has 0 spiro atoms. The van der Waals surface area contributed by atoms with Crippen LogP contribution in [0.25, 0.3) is 0 Å². The molecule has 0 bridgehead atoms. The summed E-state index contributed by atoms with van der Waals surface area (Å²) >= 11 is 0. The fraction of sp³-hybridized carbons (Fsp3) is 0.864. The molecule has 0 saturated carbocycles. The molecule has 0 fully saturated rings. The molecule has 0 aromatic carbocycles. The minimum Gasteiger partial charge on any atom is -0.462 e. The van der Waals surface area contributed by atoms with Crippen LogP contribution in [0.15, 0.2) is 36.5 Å². The van der Waals surface area contributed by atoms with Crippen molar-refractivity contribution in [3.05, 3.63) is 36.5 Å². The topological polar surface area (TPSA) is 61.8 Å². The first-order valence-electron chi connectivity index (χ1n) is 28.5. The van der Waals surface area contributed by atoms with E-state index in [0.29, 0.717) is 19.4 Å². The maximum Gasteiger partial charge on any atom is 0.306 e. The Morgan fingerprint density at radius 3 is 1.12 bits per heavy atom. The zero-order valence-corrected chi connectivity index (χ0v) is 43.3. The molecule has 0 aliphatic carbocycles. The number of esters is 2. The van der Waals surface area contributed by atoms with Crippen LogP contribution in [-0.4, -0.2) is 37.9 Å². The van der Waals surface area contributed by atoms with Crippen LogP contribution < -0.4 is 0 Å². The molecule has 0 saturated heterocycles. The van der Waals surface area contributed by atoms with Crippen LogP contribution in [0.1, 0.15) is 303 Å². The number of allylic oxidation sites excluding steroid dienone is 6. The predicted molar refractivity (Wildman–Crippen MR) is 279 cm³/mol. The van der Waals surface area contributed by atoms with Crippen molar-refractivity contribution in [3.8, 4) is 0 Å². The summed E-state index contributed by atoms with van der Waals surface area (Å²) in [6.07, 6.45) is 67.4. The van der Waals surface area contributed by atoms with Crippen molar-refractivity contribution in [2.24, 2.45) is 0 Å². The summed E-state index contributed by atoms with van der Waals surface area (Å²) in [6.45, 7) is 7.76. The Bertz CT molecular complexity index is 1020. The van der Waals surface area contributed by atoms with Gasteiger partial charge in [-0.3, -0.25) is 9.59 Å². The Morgan fingerprint density at radius 2 is 0.703 bits per heavy atom. The summed E-state index contributed by atoms with van der Waals surface area (Å²) < 4.78 is 17.5. The highest BCUT2D eigenvalue weighted by Crippen LogP contribution is 2.17. The third-order valence-corrected chi connectivity index (χ3v) is 12.7. The Labute approximate surface area is 400 Å². The second-order valence-corrected chi connectivity index (χ2v) is 19.2. The molecule has 0 aliphatic heterocycles. The quantitative estimate of drug-likeness (QED) is 0.0346. The predicted octanol–water partition coefficient (Wildman–Crippen LogP) is 19.4. The van der Waals surface area contributed by atoms with Gasteiger partial charge in [0.05, 0.1) is 6.61 Å². The van der Waals surface area contributed by atoms with Crippen molar-refractivity contribution < 1.29 is 23.8 Å². The van der Waals surface area contributed by atoms with Gasteiger partial charge in [-0.2, -0.15) is 0 Å². The first kappa shape index (κ1) is 62.1. The van der Waals surface area contributed by atoms with Crippen molar-refractivity contribution in [1.29, 1.82) is 0 Å². The van der Waals surface area contributed by atoms with Gasteiger partial charge in [0.1, 0.15) is 6.61 Å². The summed E-state index contributed by atoms with van der Waals surface area (Å²) in [4.78, 5) is 25.4. The normalized spacial score (nSPS) is 12.4. The molecule has 5 nitrogen and oxygen atoms in total. The Morgan fingerprint density at radius 1 is 0.359 bits per heavy atom. The van der Waals surface area contributed by atoms with E-state index in [1.54, 1.807) is 0 Å². The summed E-state index contributed by atoms with van der Waals surface area (Å²) in [5.41, 5.74) is 0. The van der Waals surface area contributed by atoms with Crippen molar-refractivity contribution in [1.82, 2.24) is 0 Å². The van der Waals surface area contributed by atoms with E-state index in [-0.39, 0.29) is 25.2 Å². The number of carbonyl (C=O) groups excluding carboxylic acids is 2. The maximum absolute atomic E-state index is 12.8. The SMILES string of the molecule is CC/C=C\C/C=C\C/C=C\CCCCCCCC(=O)OCC(COCCCCCCCCCCCCCCCCCCCCCC)OC(=O)CCCCCCCCCCCCCCC. The van der Waals surface area contributed by atoms with Crippen LogP contribution in [0, 0.1) is 0 Å². The van der Waals surface area contributed by atoms with Crippen LogP contribution in [0.5, 0.6) is 0 Å². The molecule has 1 atom stereocenters. The molecule has 0 heterocycles. The van der Waals surface area contributed by atoms with Gasteiger partial charge in [0.25, 0.3) is 0 Å². The van der Waals surface area contributed by atoms with Crippen molar-refractivity contribution in [3.63, 3.8) is 0 Å². The van der Waals surface area contributed by atoms with E-state index in [0.717, 1.165) is 64.2 Å². The number of carbonyl (C=O) groups is 2. The van der Waals surface area contributed by atoms with Gasteiger partial charge in [0, 0.05) is 19.4 Å². The highest BCUT2D eigenvalue weighted by atomic mass is 16.6. The van der Waals surface area contributed by atoms with Gasteiger partial charge < -0.3 is 14.2 Å². The molecule has 376 valence electrons. The zero-order valence-electron chi connectivity index (χ0n) is 43.3. The van der Waals surface area contributed by atoms with Gasteiger partial charge in [-0.15, -0.1) is 0 Å². The number of unbranched alkanes of at least 4 members (excludes halogenated alkanes) is 36. The van der Waals surface area contributed by atoms with E-state index >= 15 is 0 Å². The molecule has 0 aromatic heterocycles. The van der Waals surface area contributed by atoms with Gasteiger partial charge in [-0.05, 0) is 51.4 Å². The second-order valence-electron chi connectivity index (χ2n) is 19.2. The zero-order chi connectivity index (χ0) is 46.3. The molecule has 5 heteroatoms. The van der Waals surface area contributed by atoms with Gasteiger partial charge >= 0.3 is 11.9 Å². The lowest BCUT2D eigenvalue weighted by atomic mass is 10.0. The van der Waals surface area contributed by atoms with E-state index in [9.17, 15) is 9.59 Å². The Kier molecular flexibility index (Phi) is 53.8. The molecule has 0 radical (unpaired) electrons. The first-order chi connectivity index (χ1) is 31.6. The van der Waals surface area contributed by atoms with Crippen molar-refractivity contribution in [2.75, 3.05) is 19.8 Å². The average Bonchev–Trinajstić information content (AvgIpc) is 3.30. The number of ether oxygens (including phenoxy) is 3. The van der Waals surface area contributed by atoms with Crippen LogP contribution in [0.2, 0.25) is 0 Å². The number of hydrogen-bond donors (Lipinski definition) is 0. The largest absolute Gasteiger partial charge is 0.462 e. The molecule has 64 heavy (non-hydrogen) atoms. The molecular weight excluding hydrogens is 789 g/mol. The third kappa shape index (κ3) is 52.7. The molecule has 1 unspecified atom stereocenters. The Hall–Kier alpha value is -1.88. The molecule has 0 N–H and O–H groups in total. The van der Waals surface area contributed by atoms with E-state index in [4.69, 9.17) is 14.2 Å². The van der Waals surface area contributed by atoms with E-state index in [1.165, 1.54) is 205 Å². The van der Waals surface area contributed by atoms with E-state index in [1.807, 2.05) is 0 Å². The molecule has 0 rings (SSSR count). The van der Waals surface area contributed by atoms with Gasteiger partial charge in [-0.1, -0.05) is 276 Å². The molecular formula is C59H110O5. The summed E-state index contributed by atoms with van der Waals surface area (Å²) in [7, 11) is 0. The average molecular weight is 900 g/mol. The monoisotopic (exact) mass is 899 g/mol. The molecule has 0 amide bonds. The van der Waals surface area contributed by atoms with Gasteiger partial charge in [-0.25, -0.2) is 0 Å². The number of rotatable bonds is 53. The van der Waals surface area contributed by atoms with Crippen LogP contribution in [0.4, 0.5) is 0 Å². The van der Waals surface area contributed by atoms with Crippen LogP contribution >= 0.6 is 0 Å². The lowest BCUT2D eigenvalue weighted by Gasteiger charge is -2.18. The Balaban J connectivity index is 4.20. The third-order valence-electron chi connectivity index (χ3n) is 12.7. The van der Waals surface area contributed by atoms with Crippen molar-refractivity contribution in [2.45, 2.75) is 309 Å². The van der Waals surface area contributed by atoms with Crippen LogP contribution in [-0.2, 0) is 23.8 Å². The second kappa shape index (κ2) is 55.4. The minimum absolute atomic E-state index is 0.0827. The fourth-order valence-corrected chi connectivity index (χ4v) is 8.47. The minimum atomic E-state index is -0.537.